The van der Waals surface area contributed by atoms with E-state index in [1.165, 1.54) is 0 Å². The molecule has 0 aromatic heterocycles. The Labute approximate surface area is 332 Å². The number of hydrogen-bond acceptors (Lipinski definition) is 4. The molecular formula is C49H44O4Ti. The van der Waals surface area contributed by atoms with Gasteiger partial charge in [-0.2, -0.15) is 0 Å². The van der Waals surface area contributed by atoms with Crippen LogP contribution in [0.4, 0.5) is 0 Å². The van der Waals surface area contributed by atoms with Crippen molar-refractivity contribution in [2.24, 2.45) is 0 Å². The maximum atomic E-state index is 13.7. The molecule has 0 amide bonds. The van der Waals surface area contributed by atoms with Gasteiger partial charge in [-0.05, 0) is 103 Å². The Balaban J connectivity index is 0.00000166. The van der Waals surface area contributed by atoms with E-state index in [-0.39, 0.29) is 36.6 Å². The monoisotopic (exact) mass is 744 g/mol. The largest absolute Gasteiger partial charge is 2.00 e. The summed E-state index contributed by atoms with van der Waals surface area (Å²) in [5.41, 5.74) is -0.930. The van der Waals surface area contributed by atoms with Gasteiger partial charge in [-0.15, -0.1) is 0 Å². The zero-order chi connectivity index (χ0) is 34.8. The average Bonchev–Trinajstić information content (AvgIpc) is 3.52. The topological polar surface area (TPSA) is 58.9 Å². The van der Waals surface area contributed by atoms with Crippen LogP contribution in [0.3, 0.4) is 0 Å². The molecule has 0 saturated carbocycles. The molecule has 8 aromatic rings. The molecule has 0 radical (unpaired) electrons. The maximum Gasteiger partial charge on any atom is 2.00 e. The fraction of sp³-hybridized carbons (Fsp3) is 0.143. The average molecular weight is 745 g/mol. The first-order chi connectivity index (χ1) is 24.7. The van der Waals surface area contributed by atoms with Gasteiger partial charge in [0.1, 0.15) is 23.4 Å². The van der Waals surface area contributed by atoms with Gasteiger partial charge in [0, 0.05) is 0 Å². The molecule has 268 valence electrons. The number of fused-ring (bicyclic) bond motifs is 4. The van der Waals surface area contributed by atoms with Gasteiger partial charge in [0.25, 0.3) is 0 Å². The summed E-state index contributed by atoms with van der Waals surface area (Å²) in [6.07, 6.45) is -2.12. The van der Waals surface area contributed by atoms with Crippen LogP contribution < -0.4 is 0 Å². The third kappa shape index (κ3) is 6.48. The summed E-state index contributed by atoms with van der Waals surface area (Å²) in [7, 11) is 0. The predicted molar refractivity (Wildman–Crippen MR) is 218 cm³/mol. The number of rotatable bonds is 6. The molecule has 2 N–H and O–H groups in total. The summed E-state index contributed by atoms with van der Waals surface area (Å²) >= 11 is 0. The van der Waals surface area contributed by atoms with E-state index in [1.807, 2.05) is 159 Å². The number of hydrogen-bond donors (Lipinski definition) is 2. The predicted octanol–water partition coefficient (Wildman–Crippen LogP) is 10.9. The Bertz CT molecular complexity index is 2260. The molecule has 1 aliphatic rings. The van der Waals surface area contributed by atoms with Crippen molar-refractivity contribution in [2.45, 2.75) is 43.0 Å². The second-order valence-electron chi connectivity index (χ2n) is 14.3. The van der Waals surface area contributed by atoms with Crippen molar-refractivity contribution in [1.29, 1.82) is 0 Å². The van der Waals surface area contributed by atoms with E-state index in [4.69, 9.17) is 9.47 Å². The first-order valence-corrected chi connectivity index (χ1v) is 17.5. The number of ether oxygens (including phenoxy) is 2. The van der Waals surface area contributed by atoms with E-state index in [9.17, 15) is 10.2 Å². The van der Waals surface area contributed by atoms with E-state index >= 15 is 0 Å². The van der Waals surface area contributed by atoms with E-state index < -0.39 is 29.2 Å². The van der Waals surface area contributed by atoms with Crippen molar-refractivity contribution in [3.05, 3.63) is 207 Å². The van der Waals surface area contributed by atoms with Crippen molar-refractivity contribution < 1.29 is 41.4 Å². The van der Waals surface area contributed by atoms with Crippen LogP contribution in [0.1, 0.15) is 36.1 Å². The second kappa shape index (κ2) is 14.9. The Morgan fingerprint density at radius 2 is 0.611 bits per heavy atom. The molecule has 54 heavy (non-hydrogen) atoms. The first kappa shape index (κ1) is 39.1. The second-order valence-corrected chi connectivity index (χ2v) is 14.3. The first-order valence-electron chi connectivity index (χ1n) is 17.5. The van der Waals surface area contributed by atoms with Crippen LogP contribution in [0.15, 0.2) is 170 Å². The molecule has 0 aliphatic carbocycles. The summed E-state index contributed by atoms with van der Waals surface area (Å²) in [6.45, 7) is 3.70. The van der Waals surface area contributed by atoms with E-state index in [0.29, 0.717) is 22.3 Å². The molecule has 0 bridgehead atoms. The Hall–Kier alpha value is -4.65. The zero-order valence-corrected chi connectivity index (χ0v) is 32.6. The number of aliphatic hydroxyl groups is 2. The smallest absolute Gasteiger partial charge is 0.378 e. The van der Waals surface area contributed by atoms with Crippen molar-refractivity contribution in [1.82, 2.24) is 0 Å². The van der Waals surface area contributed by atoms with Gasteiger partial charge >= 0.3 is 21.7 Å². The Morgan fingerprint density at radius 1 is 0.389 bits per heavy atom. The van der Waals surface area contributed by atoms with Crippen LogP contribution >= 0.6 is 0 Å². The third-order valence-electron chi connectivity index (χ3n) is 10.7. The van der Waals surface area contributed by atoms with Gasteiger partial charge in [0.2, 0.25) is 0 Å². The molecule has 4 nitrogen and oxygen atoms in total. The summed E-state index contributed by atoms with van der Waals surface area (Å²) < 4.78 is 13.8. The normalized spacial score (nSPS) is 16.8. The van der Waals surface area contributed by atoms with Crippen LogP contribution in [-0.2, 0) is 42.4 Å². The Morgan fingerprint density at radius 3 is 0.852 bits per heavy atom. The van der Waals surface area contributed by atoms with Crippen molar-refractivity contribution in [3.8, 4) is 0 Å². The third-order valence-corrected chi connectivity index (χ3v) is 10.7. The SMILES string of the molecule is CC1(C)OC(C(O)(c2ccc3ccccc3c2)c2ccc3ccccc3c2)[C@H](C(O)(c2ccc3ccccc3c2)c2ccc3ccccc3c2)O1.[CH3-].[CH3-].[Ti+2]. The molecular weight excluding hydrogens is 700 g/mol. The quantitative estimate of drug-likeness (QED) is 0.131. The minimum Gasteiger partial charge on any atom is -0.378 e. The maximum absolute atomic E-state index is 13.7. The summed E-state index contributed by atoms with van der Waals surface area (Å²) in [5, 5.41) is 35.5. The molecule has 1 saturated heterocycles. The van der Waals surface area contributed by atoms with Gasteiger partial charge in [-0.3, -0.25) is 0 Å². The molecule has 5 heteroatoms. The van der Waals surface area contributed by atoms with Crippen molar-refractivity contribution in [3.63, 3.8) is 0 Å². The molecule has 8 aromatic carbocycles. The van der Waals surface area contributed by atoms with Crippen LogP contribution in [0, 0.1) is 14.9 Å². The molecule has 2 atom stereocenters. The Kier molecular flexibility index (Phi) is 10.8. The van der Waals surface area contributed by atoms with Crippen LogP contribution in [0.5, 0.6) is 0 Å². The van der Waals surface area contributed by atoms with E-state index in [2.05, 4.69) is 24.3 Å². The molecule has 0 spiro atoms. The number of benzene rings is 8. The van der Waals surface area contributed by atoms with Gasteiger partial charge in [-0.1, -0.05) is 146 Å². The van der Waals surface area contributed by atoms with Gasteiger partial charge < -0.3 is 34.5 Å². The van der Waals surface area contributed by atoms with Crippen LogP contribution in [0.25, 0.3) is 43.1 Å². The summed E-state index contributed by atoms with van der Waals surface area (Å²) in [4.78, 5) is 0. The molecule has 9 rings (SSSR count). The minimum atomic E-state index is -1.76. The summed E-state index contributed by atoms with van der Waals surface area (Å²) in [6, 6.07) is 56.6. The molecule has 1 fully saturated rings. The minimum absolute atomic E-state index is 0. The van der Waals surface area contributed by atoms with Gasteiger partial charge in [0.15, 0.2) is 5.79 Å². The van der Waals surface area contributed by atoms with Gasteiger partial charge in [0.05, 0.1) is 0 Å². The van der Waals surface area contributed by atoms with E-state index in [0.717, 1.165) is 43.1 Å². The standard InChI is InChI=1S/C47H38O4.2CH3.Ti/c1-45(2)50-43(46(48,39-23-19-31-11-3-7-15-35(31)27-39)40-24-20-32-12-4-8-16-36(32)28-40)44(51-45)47(49,41-25-21-33-13-5-9-17-37(33)29-41)42-26-22-34-14-6-10-18-38(34)30-42;;;/h3-30,43-44,48-49H,1-2H3;2*1H3;/q;2*-1;+2/t43-,44?;;;/m1.../s1. The molecule has 1 unspecified atom stereocenters. The van der Waals surface area contributed by atoms with Crippen LogP contribution in [0.2, 0.25) is 0 Å². The van der Waals surface area contributed by atoms with Crippen molar-refractivity contribution >= 4 is 43.1 Å². The summed E-state index contributed by atoms with van der Waals surface area (Å²) in [5.74, 6) is -1.15. The molecule has 1 aliphatic heterocycles. The fourth-order valence-electron chi connectivity index (χ4n) is 8.07. The fourth-order valence-corrected chi connectivity index (χ4v) is 8.07. The molecule has 1 heterocycles. The van der Waals surface area contributed by atoms with Crippen LogP contribution in [-0.4, -0.2) is 28.2 Å². The van der Waals surface area contributed by atoms with Gasteiger partial charge in [-0.25, -0.2) is 0 Å². The van der Waals surface area contributed by atoms with E-state index in [1.54, 1.807) is 0 Å². The zero-order valence-electron chi connectivity index (χ0n) is 31.0. The van der Waals surface area contributed by atoms with Crippen molar-refractivity contribution in [2.75, 3.05) is 0 Å².